The Bertz CT molecular complexity index is 1300. The number of hydrogen-bond donors (Lipinski definition) is 2. The van der Waals surface area contributed by atoms with Crippen LogP contribution in [0.15, 0.2) is 76.7 Å². The lowest BCUT2D eigenvalue weighted by Crippen LogP contribution is -2.15. The number of hydrogen-bond acceptors (Lipinski definition) is 6. The van der Waals surface area contributed by atoms with Gasteiger partial charge in [-0.05, 0) is 34.7 Å². The number of benzene rings is 3. The maximum absolute atomic E-state index is 13.0. The molecule has 3 aromatic carbocycles. The Labute approximate surface area is 197 Å². The number of nitro benzene ring substituents is 1. The summed E-state index contributed by atoms with van der Waals surface area (Å²) >= 11 is 6.06. The highest BCUT2D eigenvalue weighted by molar-refractivity contribution is 7.93. The molecule has 3 rings (SSSR count). The van der Waals surface area contributed by atoms with Gasteiger partial charge in [-0.2, -0.15) is 5.10 Å². The standard InChI is InChI=1S/C23H23ClN4O4S/c1-23(2,3)17-10-8-16(9-11-17)15-25-26-21-13-12-18(28(29)30)14-22(21)33(31,32)27-20-7-5-4-6-19(20)24/h4-15,26-27H,1-3H3. The highest BCUT2D eigenvalue weighted by Crippen LogP contribution is 2.30. The van der Waals surface area contributed by atoms with E-state index in [2.05, 4.69) is 36.0 Å². The fraction of sp³-hybridized carbons (Fsp3) is 0.174. The van der Waals surface area contributed by atoms with Crippen LogP contribution in [0.25, 0.3) is 0 Å². The van der Waals surface area contributed by atoms with Gasteiger partial charge in [0, 0.05) is 12.1 Å². The maximum atomic E-state index is 13.0. The molecule has 0 unspecified atom stereocenters. The van der Waals surface area contributed by atoms with Gasteiger partial charge in [0.15, 0.2) is 0 Å². The molecule has 8 nitrogen and oxygen atoms in total. The Morgan fingerprint density at radius 2 is 1.67 bits per heavy atom. The van der Waals surface area contributed by atoms with Gasteiger partial charge in [-0.15, -0.1) is 0 Å². The molecular formula is C23H23ClN4O4S. The predicted molar refractivity (Wildman–Crippen MR) is 132 cm³/mol. The second-order valence-corrected chi connectivity index (χ2v) is 10.3. The lowest BCUT2D eigenvalue weighted by atomic mass is 9.87. The molecule has 0 aliphatic rings. The van der Waals surface area contributed by atoms with E-state index in [0.717, 1.165) is 11.6 Å². The molecule has 0 aliphatic heterocycles. The van der Waals surface area contributed by atoms with Crippen LogP contribution >= 0.6 is 11.6 Å². The molecule has 0 spiro atoms. The quantitative estimate of drug-likeness (QED) is 0.249. The zero-order chi connectivity index (χ0) is 24.2. The average molecular weight is 487 g/mol. The van der Waals surface area contributed by atoms with E-state index in [1.54, 1.807) is 12.1 Å². The van der Waals surface area contributed by atoms with Crippen molar-refractivity contribution >= 4 is 44.9 Å². The molecule has 2 N–H and O–H groups in total. The third kappa shape index (κ3) is 6.09. The molecule has 0 saturated heterocycles. The molecule has 3 aromatic rings. The lowest BCUT2D eigenvalue weighted by Gasteiger charge is -2.18. The van der Waals surface area contributed by atoms with E-state index in [1.807, 2.05) is 24.3 Å². The van der Waals surface area contributed by atoms with E-state index in [1.165, 1.54) is 36.0 Å². The maximum Gasteiger partial charge on any atom is 0.270 e. The van der Waals surface area contributed by atoms with Gasteiger partial charge in [-0.1, -0.05) is 68.8 Å². The molecule has 0 saturated carbocycles. The number of para-hydroxylation sites is 1. The predicted octanol–water partition coefficient (Wildman–Crippen LogP) is 5.79. The van der Waals surface area contributed by atoms with E-state index in [9.17, 15) is 18.5 Å². The fourth-order valence-electron chi connectivity index (χ4n) is 2.93. The van der Waals surface area contributed by atoms with Crippen molar-refractivity contribution in [3.63, 3.8) is 0 Å². The smallest absolute Gasteiger partial charge is 0.270 e. The number of halogens is 1. The minimum atomic E-state index is -4.21. The minimum Gasteiger partial charge on any atom is -0.278 e. The Hall–Kier alpha value is -3.43. The van der Waals surface area contributed by atoms with Crippen molar-refractivity contribution in [2.24, 2.45) is 5.10 Å². The van der Waals surface area contributed by atoms with Gasteiger partial charge in [-0.25, -0.2) is 8.42 Å². The number of anilines is 2. The van der Waals surface area contributed by atoms with Gasteiger partial charge in [0.1, 0.15) is 4.90 Å². The van der Waals surface area contributed by atoms with E-state index in [4.69, 9.17) is 11.6 Å². The van der Waals surface area contributed by atoms with Gasteiger partial charge >= 0.3 is 0 Å². The van der Waals surface area contributed by atoms with Crippen molar-refractivity contribution in [1.82, 2.24) is 0 Å². The molecule has 0 aliphatic carbocycles. The first kappa shape index (κ1) is 24.2. The van der Waals surface area contributed by atoms with Gasteiger partial charge in [-0.3, -0.25) is 20.3 Å². The van der Waals surface area contributed by atoms with Crippen LogP contribution in [-0.4, -0.2) is 19.6 Å². The van der Waals surface area contributed by atoms with Crippen molar-refractivity contribution in [2.75, 3.05) is 10.1 Å². The fourth-order valence-corrected chi connectivity index (χ4v) is 4.42. The first-order valence-corrected chi connectivity index (χ1v) is 11.8. The molecular weight excluding hydrogens is 464 g/mol. The van der Waals surface area contributed by atoms with E-state index < -0.39 is 14.9 Å². The number of nitro groups is 1. The number of nitrogens with zero attached hydrogens (tertiary/aromatic N) is 2. The van der Waals surface area contributed by atoms with Crippen molar-refractivity contribution in [3.05, 3.63) is 93.0 Å². The number of rotatable bonds is 7. The Morgan fingerprint density at radius 3 is 2.27 bits per heavy atom. The summed E-state index contributed by atoms with van der Waals surface area (Å²) in [6.07, 6.45) is 1.53. The second-order valence-electron chi connectivity index (χ2n) is 8.26. The van der Waals surface area contributed by atoms with Gasteiger partial charge in [0.2, 0.25) is 0 Å². The van der Waals surface area contributed by atoms with Crippen LogP contribution in [0.5, 0.6) is 0 Å². The van der Waals surface area contributed by atoms with Crippen molar-refractivity contribution in [2.45, 2.75) is 31.1 Å². The summed E-state index contributed by atoms with van der Waals surface area (Å²) in [5.74, 6) is 0. The molecule has 33 heavy (non-hydrogen) atoms. The first-order chi connectivity index (χ1) is 15.5. The minimum absolute atomic E-state index is 0.0184. The number of sulfonamides is 1. The monoisotopic (exact) mass is 486 g/mol. The van der Waals surface area contributed by atoms with Crippen LogP contribution < -0.4 is 10.1 Å². The van der Waals surface area contributed by atoms with E-state index in [0.29, 0.717) is 0 Å². The van der Waals surface area contributed by atoms with Gasteiger partial charge in [0.05, 0.1) is 27.5 Å². The number of non-ortho nitro benzene ring substituents is 1. The summed E-state index contributed by atoms with van der Waals surface area (Å²) in [4.78, 5) is 10.2. The Balaban J connectivity index is 1.90. The molecule has 0 fully saturated rings. The highest BCUT2D eigenvalue weighted by Gasteiger charge is 2.23. The molecule has 0 amide bonds. The van der Waals surface area contributed by atoms with Crippen LogP contribution in [0.1, 0.15) is 31.9 Å². The molecule has 0 atom stereocenters. The third-order valence-corrected chi connectivity index (χ3v) is 6.49. The number of nitrogens with one attached hydrogen (secondary N) is 2. The summed E-state index contributed by atoms with van der Waals surface area (Å²) in [6.45, 7) is 6.35. The molecule has 10 heteroatoms. The normalized spacial score (nSPS) is 12.0. The lowest BCUT2D eigenvalue weighted by molar-refractivity contribution is -0.385. The third-order valence-electron chi connectivity index (χ3n) is 4.76. The molecule has 0 heterocycles. The van der Waals surface area contributed by atoms with Crippen molar-refractivity contribution < 1.29 is 13.3 Å². The van der Waals surface area contributed by atoms with Crippen LogP contribution in [0.3, 0.4) is 0 Å². The summed E-state index contributed by atoms with van der Waals surface area (Å²) in [5.41, 5.74) is 4.51. The molecule has 0 aromatic heterocycles. The molecule has 0 radical (unpaired) electrons. The second kappa shape index (κ2) is 9.60. The van der Waals surface area contributed by atoms with Crippen LogP contribution in [0, 0.1) is 10.1 Å². The van der Waals surface area contributed by atoms with Crippen LogP contribution in [0.2, 0.25) is 5.02 Å². The summed E-state index contributed by atoms with van der Waals surface area (Å²) in [7, 11) is -4.21. The molecule has 0 bridgehead atoms. The highest BCUT2D eigenvalue weighted by atomic mass is 35.5. The topological polar surface area (TPSA) is 114 Å². The van der Waals surface area contributed by atoms with E-state index in [-0.39, 0.29) is 32.4 Å². The van der Waals surface area contributed by atoms with Crippen LogP contribution in [-0.2, 0) is 15.4 Å². The zero-order valence-electron chi connectivity index (χ0n) is 18.2. The van der Waals surface area contributed by atoms with Crippen LogP contribution in [0.4, 0.5) is 17.1 Å². The van der Waals surface area contributed by atoms with E-state index >= 15 is 0 Å². The zero-order valence-corrected chi connectivity index (χ0v) is 19.8. The Kier molecular flexibility index (Phi) is 7.04. The average Bonchev–Trinajstić information content (AvgIpc) is 2.75. The first-order valence-electron chi connectivity index (χ1n) is 9.93. The summed E-state index contributed by atoms with van der Waals surface area (Å²) in [5, 5.41) is 15.5. The SMILES string of the molecule is CC(C)(C)c1ccc(C=NNc2ccc([N+](=O)[O-])cc2S(=O)(=O)Nc2ccccc2Cl)cc1. The summed E-state index contributed by atoms with van der Waals surface area (Å²) in [6, 6.07) is 17.5. The molecule has 172 valence electrons. The largest absolute Gasteiger partial charge is 0.278 e. The number of hydrazone groups is 1. The van der Waals surface area contributed by atoms with Crippen molar-refractivity contribution in [1.29, 1.82) is 0 Å². The van der Waals surface area contributed by atoms with Crippen molar-refractivity contribution in [3.8, 4) is 0 Å². The summed E-state index contributed by atoms with van der Waals surface area (Å²) < 4.78 is 28.4. The van der Waals surface area contributed by atoms with Gasteiger partial charge < -0.3 is 0 Å². The Morgan fingerprint density at radius 1 is 1.00 bits per heavy atom. The van der Waals surface area contributed by atoms with Gasteiger partial charge in [0.25, 0.3) is 15.7 Å².